The quantitative estimate of drug-likeness (QED) is 0.748. The van der Waals surface area contributed by atoms with Crippen LogP contribution in [0.15, 0.2) is 47.1 Å². The fraction of sp³-hybridized carbons (Fsp3) is 0.316. The van der Waals surface area contributed by atoms with Crippen LogP contribution in [0.25, 0.3) is 10.2 Å². The van der Waals surface area contributed by atoms with Crippen LogP contribution in [0.5, 0.6) is 0 Å². The van der Waals surface area contributed by atoms with Crippen LogP contribution in [0, 0.1) is 0 Å². The summed E-state index contributed by atoms with van der Waals surface area (Å²) in [6.07, 6.45) is 3.64. The number of fused-ring (bicyclic) bond motifs is 1. The van der Waals surface area contributed by atoms with E-state index in [1.807, 2.05) is 23.1 Å². The van der Waals surface area contributed by atoms with Crippen molar-refractivity contribution >= 4 is 33.4 Å². The molecule has 134 valence electrons. The first-order chi connectivity index (χ1) is 12.7. The molecule has 1 atom stereocenters. The number of carbonyl (C=O) groups excluding carboxylic acids is 2. The molecule has 0 spiro atoms. The molecule has 0 bridgehead atoms. The smallest absolute Gasteiger partial charge is 0.286 e. The fourth-order valence-corrected chi connectivity index (χ4v) is 4.39. The van der Waals surface area contributed by atoms with Gasteiger partial charge in [0.25, 0.3) is 5.91 Å². The van der Waals surface area contributed by atoms with E-state index in [4.69, 9.17) is 9.40 Å². The van der Waals surface area contributed by atoms with Crippen LogP contribution >= 0.6 is 11.3 Å². The first-order valence-electron chi connectivity index (χ1n) is 8.69. The molecule has 3 heterocycles. The Morgan fingerprint density at radius 1 is 1.27 bits per heavy atom. The summed E-state index contributed by atoms with van der Waals surface area (Å²) in [6, 6.07) is 11.3. The lowest BCUT2D eigenvalue weighted by Crippen LogP contribution is -2.34. The lowest BCUT2D eigenvalue weighted by atomic mass is 10.2. The number of furan rings is 1. The summed E-state index contributed by atoms with van der Waals surface area (Å²) in [5.41, 5.74) is 0.984. The van der Waals surface area contributed by atoms with Crippen molar-refractivity contribution < 1.29 is 14.0 Å². The van der Waals surface area contributed by atoms with Crippen LogP contribution in [0.1, 0.15) is 40.9 Å². The van der Waals surface area contributed by atoms with E-state index >= 15 is 0 Å². The molecular weight excluding hydrogens is 350 g/mol. The first-order valence-corrected chi connectivity index (χ1v) is 9.50. The van der Waals surface area contributed by atoms with Crippen molar-refractivity contribution in [2.24, 2.45) is 0 Å². The molecule has 2 amide bonds. The summed E-state index contributed by atoms with van der Waals surface area (Å²) in [4.78, 5) is 31.1. The van der Waals surface area contributed by atoms with E-state index in [-0.39, 0.29) is 30.0 Å². The molecule has 0 aliphatic carbocycles. The Morgan fingerprint density at radius 2 is 2.15 bits per heavy atom. The molecule has 1 aliphatic heterocycles. The first kappa shape index (κ1) is 16.8. The van der Waals surface area contributed by atoms with Gasteiger partial charge < -0.3 is 14.6 Å². The maximum atomic E-state index is 12.6. The van der Waals surface area contributed by atoms with E-state index < -0.39 is 0 Å². The Hall–Kier alpha value is -2.67. The monoisotopic (exact) mass is 369 g/mol. The molecule has 1 saturated heterocycles. The van der Waals surface area contributed by atoms with Crippen LogP contribution in [0.4, 0.5) is 0 Å². The number of nitrogens with one attached hydrogen (secondary N) is 1. The van der Waals surface area contributed by atoms with Gasteiger partial charge in [0.15, 0.2) is 5.76 Å². The minimum absolute atomic E-state index is 0.0423. The van der Waals surface area contributed by atoms with Crippen molar-refractivity contribution in [3.63, 3.8) is 0 Å². The Morgan fingerprint density at radius 3 is 2.96 bits per heavy atom. The number of amides is 2. The normalized spacial score (nSPS) is 16.9. The molecule has 1 fully saturated rings. The minimum Gasteiger partial charge on any atom is -0.459 e. The van der Waals surface area contributed by atoms with Gasteiger partial charge in [-0.2, -0.15) is 0 Å². The number of aromatic nitrogens is 1. The second kappa shape index (κ2) is 7.29. The Bertz CT molecular complexity index is 886. The number of thiazole rings is 1. The van der Waals surface area contributed by atoms with Gasteiger partial charge in [0.2, 0.25) is 5.91 Å². The Labute approximate surface area is 154 Å². The SMILES string of the molecule is O=C(NCCC(=O)N1CCC[C@H]1c1nc2ccccc2s1)c1ccco1. The highest BCUT2D eigenvalue weighted by Gasteiger charge is 2.31. The third-order valence-electron chi connectivity index (χ3n) is 4.54. The molecule has 0 unspecified atom stereocenters. The zero-order valence-electron chi connectivity index (χ0n) is 14.2. The molecule has 0 saturated carbocycles. The van der Waals surface area contributed by atoms with Gasteiger partial charge in [0.1, 0.15) is 5.01 Å². The van der Waals surface area contributed by atoms with Crippen molar-refractivity contribution in [1.29, 1.82) is 0 Å². The summed E-state index contributed by atoms with van der Waals surface area (Å²) in [7, 11) is 0. The predicted molar refractivity (Wildman–Crippen MR) is 99.0 cm³/mol. The number of likely N-dealkylation sites (tertiary alicyclic amines) is 1. The zero-order valence-corrected chi connectivity index (χ0v) is 15.0. The van der Waals surface area contributed by atoms with Gasteiger partial charge in [0, 0.05) is 19.5 Å². The van der Waals surface area contributed by atoms with Crippen molar-refractivity contribution in [2.75, 3.05) is 13.1 Å². The molecule has 26 heavy (non-hydrogen) atoms. The average Bonchev–Trinajstić information content (AvgIpc) is 3.40. The number of rotatable bonds is 5. The molecule has 3 aromatic rings. The number of hydrogen-bond acceptors (Lipinski definition) is 5. The third-order valence-corrected chi connectivity index (χ3v) is 5.68. The van der Waals surface area contributed by atoms with E-state index in [1.54, 1.807) is 23.5 Å². The topological polar surface area (TPSA) is 75.4 Å². The Kier molecular flexibility index (Phi) is 4.71. The van der Waals surface area contributed by atoms with Crippen LogP contribution in [0.2, 0.25) is 0 Å². The highest BCUT2D eigenvalue weighted by molar-refractivity contribution is 7.18. The third kappa shape index (κ3) is 3.35. The molecular formula is C19H19N3O3S. The zero-order chi connectivity index (χ0) is 17.9. The summed E-state index contributed by atoms with van der Waals surface area (Å²) >= 11 is 1.66. The predicted octanol–water partition coefficient (Wildman–Crippen LogP) is 3.37. The van der Waals surface area contributed by atoms with Gasteiger partial charge in [-0.05, 0) is 37.1 Å². The number of carbonyl (C=O) groups is 2. The van der Waals surface area contributed by atoms with Crippen LogP contribution in [0.3, 0.4) is 0 Å². The maximum Gasteiger partial charge on any atom is 0.286 e. The summed E-state index contributed by atoms with van der Waals surface area (Å²) < 4.78 is 6.19. The van der Waals surface area contributed by atoms with Crippen LogP contribution in [-0.4, -0.2) is 34.8 Å². The highest BCUT2D eigenvalue weighted by atomic mass is 32.1. The van der Waals surface area contributed by atoms with Gasteiger partial charge in [-0.25, -0.2) is 4.98 Å². The molecule has 6 nitrogen and oxygen atoms in total. The summed E-state index contributed by atoms with van der Waals surface area (Å²) in [5.74, 6) is 0.00409. The second-order valence-corrected chi connectivity index (χ2v) is 7.31. The van der Waals surface area contributed by atoms with Gasteiger partial charge in [-0.3, -0.25) is 9.59 Å². The standard InChI is InChI=1S/C19H19N3O3S/c23-17(9-10-20-18(24)15-7-4-12-25-15)22-11-3-6-14(22)19-21-13-5-1-2-8-16(13)26-19/h1-2,4-5,7-8,12,14H,3,6,9-11H2,(H,20,24)/t14-/m0/s1. The maximum absolute atomic E-state index is 12.6. The van der Waals surface area contributed by atoms with Crippen LogP contribution < -0.4 is 5.32 Å². The molecule has 1 aliphatic rings. The van der Waals surface area contributed by atoms with Crippen molar-refractivity contribution in [3.05, 3.63) is 53.4 Å². The summed E-state index contributed by atoms with van der Waals surface area (Å²) in [5, 5.41) is 3.72. The fourth-order valence-electron chi connectivity index (χ4n) is 3.28. The van der Waals surface area contributed by atoms with Gasteiger partial charge in [-0.1, -0.05) is 12.1 Å². The van der Waals surface area contributed by atoms with Crippen molar-refractivity contribution in [3.8, 4) is 0 Å². The average molecular weight is 369 g/mol. The van der Waals surface area contributed by atoms with Crippen molar-refractivity contribution in [2.45, 2.75) is 25.3 Å². The number of para-hydroxylation sites is 1. The lowest BCUT2D eigenvalue weighted by molar-refractivity contribution is -0.132. The van der Waals surface area contributed by atoms with E-state index in [1.165, 1.54) is 6.26 Å². The molecule has 2 aromatic heterocycles. The largest absolute Gasteiger partial charge is 0.459 e. The van der Waals surface area contributed by atoms with E-state index in [0.29, 0.717) is 6.54 Å². The Balaban J connectivity index is 1.38. The van der Waals surface area contributed by atoms with E-state index in [9.17, 15) is 9.59 Å². The molecule has 7 heteroatoms. The molecule has 4 rings (SSSR count). The van der Waals surface area contributed by atoms with Gasteiger partial charge in [0.05, 0.1) is 22.5 Å². The van der Waals surface area contributed by atoms with E-state index in [2.05, 4.69) is 11.4 Å². The number of hydrogen-bond donors (Lipinski definition) is 1. The van der Waals surface area contributed by atoms with E-state index in [0.717, 1.165) is 34.6 Å². The lowest BCUT2D eigenvalue weighted by Gasteiger charge is -2.23. The van der Waals surface area contributed by atoms with Crippen LogP contribution in [-0.2, 0) is 4.79 Å². The van der Waals surface area contributed by atoms with Gasteiger partial charge >= 0.3 is 0 Å². The molecule has 1 aromatic carbocycles. The molecule has 1 N–H and O–H groups in total. The number of benzene rings is 1. The van der Waals surface area contributed by atoms with Crippen molar-refractivity contribution in [1.82, 2.24) is 15.2 Å². The highest BCUT2D eigenvalue weighted by Crippen LogP contribution is 2.36. The second-order valence-electron chi connectivity index (χ2n) is 6.25. The summed E-state index contributed by atoms with van der Waals surface area (Å²) in [6.45, 7) is 1.03. The number of nitrogens with zero attached hydrogens (tertiary/aromatic N) is 2. The molecule has 0 radical (unpaired) electrons. The minimum atomic E-state index is -0.299. The van der Waals surface area contributed by atoms with Gasteiger partial charge in [-0.15, -0.1) is 11.3 Å².